The summed E-state index contributed by atoms with van der Waals surface area (Å²) in [5.74, 6) is 1.08. The van der Waals surface area contributed by atoms with Gasteiger partial charge in [-0.1, -0.05) is 31.5 Å². The van der Waals surface area contributed by atoms with Crippen molar-refractivity contribution in [1.29, 1.82) is 0 Å². The Kier molecular flexibility index (Phi) is 6.79. The molecule has 0 N–H and O–H groups in total. The molecule has 0 fully saturated rings. The summed E-state index contributed by atoms with van der Waals surface area (Å²) >= 11 is 0. The van der Waals surface area contributed by atoms with Gasteiger partial charge in [0.1, 0.15) is 5.76 Å². The Morgan fingerprint density at radius 2 is 1.92 bits per heavy atom. The van der Waals surface area contributed by atoms with Crippen LogP contribution < -0.4 is 0 Å². The summed E-state index contributed by atoms with van der Waals surface area (Å²) in [6.45, 7) is 7.40. The molecule has 5 heteroatoms. The topological polar surface area (TPSA) is 50.5 Å². The van der Waals surface area contributed by atoms with Gasteiger partial charge < -0.3 is 9.32 Å². The van der Waals surface area contributed by atoms with E-state index in [2.05, 4.69) is 6.92 Å². The van der Waals surface area contributed by atoms with E-state index >= 15 is 0 Å². The van der Waals surface area contributed by atoms with Crippen molar-refractivity contribution in [2.75, 3.05) is 13.1 Å². The highest BCUT2D eigenvalue weighted by Gasteiger charge is 2.18. The molecule has 0 aliphatic rings. The molecule has 1 aromatic heterocycles. The monoisotopic (exact) mass is 347 g/mol. The fraction of sp³-hybridized carbons (Fsp3) is 0.421. The van der Waals surface area contributed by atoms with Crippen LogP contribution >= 0.6 is 0 Å². The SMILES string of the molecule is CCCCN(CC)C(=O)c1ccc(C[S@](=O)c2ccccc2C)o1. The highest BCUT2D eigenvalue weighted by molar-refractivity contribution is 7.84. The van der Waals surface area contributed by atoms with Crippen LogP contribution in [-0.4, -0.2) is 28.1 Å². The Morgan fingerprint density at radius 1 is 1.17 bits per heavy atom. The Hall–Kier alpha value is -1.88. The van der Waals surface area contributed by atoms with Crippen LogP contribution in [0.3, 0.4) is 0 Å². The number of carbonyl (C=O) groups is 1. The summed E-state index contributed by atoms with van der Waals surface area (Å²) < 4.78 is 18.2. The fourth-order valence-corrected chi connectivity index (χ4v) is 3.72. The van der Waals surface area contributed by atoms with Gasteiger partial charge >= 0.3 is 0 Å². The second-order valence-corrected chi connectivity index (χ2v) is 7.18. The number of aryl methyl sites for hydroxylation is 1. The zero-order chi connectivity index (χ0) is 17.5. The first-order valence-electron chi connectivity index (χ1n) is 8.38. The lowest BCUT2D eigenvalue weighted by molar-refractivity contribution is 0.0729. The lowest BCUT2D eigenvalue weighted by Gasteiger charge is -2.19. The number of furan rings is 1. The van der Waals surface area contributed by atoms with Gasteiger partial charge in [-0.15, -0.1) is 0 Å². The highest BCUT2D eigenvalue weighted by atomic mass is 32.2. The lowest BCUT2D eigenvalue weighted by atomic mass is 10.2. The second-order valence-electron chi connectivity index (χ2n) is 5.76. The maximum Gasteiger partial charge on any atom is 0.289 e. The van der Waals surface area contributed by atoms with Gasteiger partial charge in [0, 0.05) is 18.0 Å². The van der Waals surface area contributed by atoms with Gasteiger partial charge in [-0.3, -0.25) is 9.00 Å². The fourth-order valence-electron chi connectivity index (χ4n) is 2.50. The Balaban J connectivity index is 2.06. The number of amides is 1. The molecular weight excluding hydrogens is 322 g/mol. The summed E-state index contributed by atoms with van der Waals surface area (Å²) in [5, 5.41) is 0. The average molecular weight is 347 g/mol. The van der Waals surface area contributed by atoms with Gasteiger partial charge in [-0.2, -0.15) is 0 Å². The number of hydrogen-bond donors (Lipinski definition) is 0. The van der Waals surface area contributed by atoms with Crippen LogP contribution in [0.2, 0.25) is 0 Å². The van der Waals surface area contributed by atoms with E-state index in [1.54, 1.807) is 17.0 Å². The predicted octanol–water partition coefficient (Wildman–Crippen LogP) is 4.16. The molecule has 0 aliphatic carbocycles. The van der Waals surface area contributed by atoms with Crippen molar-refractivity contribution in [2.45, 2.75) is 44.3 Å². The van der Waals surface area contributed by atoms with E-state index < -0.39 is 10.8 Å². The molecule has 2 rings (SSSR count). The summed E-state index contributed by atoms with van der Waals surface area (Å²) in [7, 11) is -1.18. The zero-order valence-corrected chi connectivity index (χ0v) is 15.4. The molecule has 0 radical (unpaired) electrons. The number of rotatable bonds is 8. The van der Waals surface area contributed by atoms with Gasteiger partial charge in [-0.25, -0.2) is 0 Å². The van der Waals surface area contributed by atoms with E-state index in [9.17, 15) is 9.00 Å². The number of hydrogen-bond acceptors (Lipinski definition) is 3. The molecule has 1 atom stereocenters. The minimum absolute atomic E-state index is 0.0983. The maximum atomic E-state index is 12.5. The third kappa shape index (κ3) is 4.57. The second kappa shape index (κ2) is 8.83. The Bertz CT molecular complexity index is 708. The molecule has 0 saturated heterocycles. The van der Waals surface area contributed by atoms with Crippen LogP contribution in [0.25, 0.3) is 0 Å². The molecule has 0 aliphatic heterocycles. The van der Waals surface area contributed by atoms with Crippen molar-refractivity contribution in [3.8, 4) is 0 Å². The van der Waals surface area contributed by atoms with Crippen molar-refractivity contribution >= 4 is 16.7 Å². The number of benzene rings is 1. The van der Waals surface area contributed by atoms with Crippen molar-refractivity contribution in [3.05, 3.63) is 53.5 Å². The van der Waals surface area contributed by atoms with Crippen LogP contribution in [-0.2, 0) is 16.6 Å². The molecule has 130 valence electrons. The first-order valence-corrected chi connectivity index (χ1v) is 9.70. The molecule has 2 aromatic rings. The summed E-state index contributed by atoms with van der Waals surface area (Å²) in [6, 6.07) is 11.0. The van der Waals surface area contributed by atoms with Crippen LogP contribution in [0.5, 0.6) is 0 Å². The highest BCUT2D eigenvalue weighted by Crippen LogP contribution is 2.18. The third-order valence-corrected chi connectivity index (χ3v) is 5.43. The van der Waals surface area contributed by atoms with Crippen molar-refractivity contribution in [3.63, 3.8) is 0 Å². The predicted molar refractivity (Wildman–Crippen MR) is 96.5 cm³/mol. The van der Waals surface area contributed by atoms with Crippen LogP contribution in [0, 0.1) is 6.92 Å². The molecule has 0 saturated carbocycles. The largest absolute Gasteiger partial charge is 0.455 e. The Morgan fingerprint density at radius 3 is 2.58 bits per heavy atom. The molecular formula is C19H25NO3S. The van der Waals surface area contributed by atoms with E-state index in [0.29, 0.717) is 18.1 Å². The molecule has 24 heavy (non-hydrogen) atoms. The first-order chi connectivity index (χ1) is 11.6. The van der Waals surface area contributed by atoms with Crippen molar-refractivity contribution < 1.29 is 13.4 Å². The molecule has 0 unspecified atom stereocenters. The van der Waals surface area contributed by atoms with Gasteiger partial charge in [-0.05, 0) is 44.0 Å². The number of unbranched alkanes of at least 4 members (excludes halogenated alkanes) is 1. The summed E-state index contributed by atoms with van der Waals surface area (Å²) in [5.41, 5.74) is 0.996. The van der Waals surface area contributed by atoms with Gasteiger partial charge in [0.05, 0.1) is 16.6 Å². The molecule has 1 amide bonds. The standard InChI is InChI=1S/C19H25NO3S/c1-4-6-13-20(5-2)19(21)17-12-11-16(23-17)14-24(22)18-10-8-7-9-15(18)3/h7-12H,4-6,13-14H2,1-3H3/t24-/m0/s1. The van der Waals surface area contributed by atoms with Gasteiger partial charge in [0.25, 0.3) is 5.91 Å². The smallest absolute Gasteiger partial charge is 0.289 e. The quantitative estimate of drug-likeness (QED) is 0.720. The minimum Gasteiger partial charge on any atom is -0.455 e. The van der Waals surface area contributed by atoms with Crippen molar-refractivity contribution in [2.24, 2.45) is 0 Å². The Labute approximate surface area is 146 Å². The van der Waals surface area contributed by atoms with Crippen molar-refractivity contribution in [1.82, 2.24) is 4.90 Å². The molecule has 4 nitrogen and oxygen atoms in total. The zero-order valence-electron chi connectivity index (χ0n) is 14.6. The summed E-state index contributed by atoms with van der Waals surface area (Å²) in [6.07, 6.45) is 2.02. The molecule has 1 heterocycles. The molecule has 0 bridgehead atoms. The number of carbonyl (C=O) groups excluding carboxylic acids is 1. The van der Waals surface area contributed by atoms with Crippen LogP contribution in [0.4, 0.5) is 0 Å². The van der Waals surface area contributed by atoms with Crippen LogP contribution in [0.15, 0.2) is 45.7 Å². The van der Waals surface area contributed by atoms with E-state index in [-0.39, 0.29) is 11.7 Å². The third-order valence-electron chi connectivity index (χ3n) is 3.94. The first kappa shape index (κ1) is 18.5. The van der Waals surface area contributed by atoms with Crippen LogP contribution in [0.1, 0.15) is 48.6 Å². The normalized spacial score (nSPS) is 12.1. The lowest BCUT2D eigenvalue weighted by Crippen LogP contribution is -2.31. The molecule has 1 aromatic carbocycles. The number of nitrogens with zero attached hydrogens (tertiary/aromatic N) is 1. The van der Waals surface area contributed by atoms with E-state index in [1.165, 1.54) is 0 Å². The minimum atomic E-state index is -1.18. The maximum absolute atomic E-state index is 12.5. The summed E-state index contributed by atoms with van der Waals surface area (Å²) in [4.78, 5) is 15.0. The van der Waals surface area contributed by atoms with Gasteiger partial charge in [0.2, 0.25) is 0 Å². The van der Waals surface area contributed by atoms with E-state index in [1.807, 2.05) is 38.1 Å². The molecule has 0 spiro atoms. The van der Waals surface area contributed by atoms with Gasteiger partial charge in [0.15, 0.2) is 5.76 Å². The van der Waals surface area contributed by atoms with E-state index in [4.69, 9.17) is 4.42 Å². The average Bonchev–Trinajstić information content (AvgIpc) is 3.04. The van der Waals surface area contributed by atoms with E-state index in [0.717, 1.165) is 29.8 Å².